The molecule has 0 spiro atoms. The van der Waals surface area contributed by atoms with Crippen LogP contribution in [-0.4, -0.2) is 31.6 Å². The molecule has 1 aliphatic rings. The summed E-state index contributed by atoms with van der Waals surface area (Å²) in [5.74, 6) is -1.56. The number of hydrogen-bond donors (Lipinski definition) is 0. The maximum Gasteiger partial charge on any atom is 0.243 e. The Balaban J connectivity index is 1.81. The van der Waals surface area contributed by atoms with Gasteiger partial charge in [-0.2, -0.15) is 4.31 Å². The van der Waals surface area contributed by atoms with Gasteiger partial charge in [0.15, 0.2) is 5.78 Å². The van der Waals surface area contributed by atoms with Crippen molar-refractivity contribution in [1.29, 1.82) is 0 Å². The van der Waals surface area contributed by atoms with Crippen LogP contribution < -0.4 is 0 Å². The molecule has 1 saturated heterocycles. The van der Waals surface area contributed by atoms with Crippen LogP contribution in [0.25, 0.3) is 12.2 Å². The van der Waals surface area contributed by atoms with Crippen LogP contribution in [0.15, 0.2) is 88.8 Å². The first kappa shape index (κ1) is 23.0. The van der Waals surface area contributed by atoms with Gasteiger partial charge in [0.05, 0.1) is 4.90 Å². The first-order valence-corrected chi connectivity index (χ1v) is 11.8. The van der Waals surface area contributed by atoms with Crippen molar-refractivity contribution in [2.24, 2.45) is 0 Å². The maximum absolute atomic E-state index is 14.2. The van der Waals surface area contributed by atoms with Crippen LogP contribution in [0.4, 0.5) is 8.78 Å². The number of piperidine rings is 1. The van der Waals surface area contributed by atoms with Gasteiger partial charge in [-0.05, 0) is 48.6 Å². The molecule has 1 fully saturated rings. The van der Waals surface area contributed by atoms with Crippen molar-refractivity contribution in [3.63, 3.8) is 0 Å². The van der Waals surface area contributed by atoms with E-state index in [0.717, 1.165) is 4.31 Å². The Bertz CT molecular complexity index is 1320. The molecule has 33 heavy (non-hydrogen) atoms. The third-order valence-electron chi connectivity index (χ3n) is 5.20. The zero-order chi connectivity index (χ0) is 23.6. The van der Waals surface area contributed by atoms with E-state index in [4.69, 9.17) is 11.6 Å². The fourth-order valence-electron chi connectivity index (χ4n) is 3.49. The van der Waals surface area contributed by atoms with Crippen molar-refractivity contribution in [3.05, 3.63) is 112 Å². The van der Waals surface area contributed by atoms with E-state index in [-0.39, 0.29) is 40.3 Å². The average molecular weight is 486 g/mol. The number of halogens is 3. The van der Waals surface area contributed by atoms with Gasteiger partial charge in [-0.15, -0.1) is 0 Å². The third kappa shape index (κ3) is 4.95. The second kappa shape index (κ2) is 9.39. The number of rotatable bonds is 4. The summed E-state index contributed by atoms with van der Waals surface area (Å²) < 4.78 is 56.2. The number of ketones is 1. The van der Waals surface area contributed by atoms with E-state index in [1.165, 1.54) is 72.8 Å². The molecule has 3 aromatic rings. The predicted octanol–water partition coefficient (Wildman–Crippen LogP) is 5.36. The normalized spacial score (nSPS) is 17.6. The van der Waals surface area contributed by atoms with E-state index >= 15 is 0 Å². The molecule has 1 heterocycles. The number of carbonyl (C=O) groups excluding carboxylic acids is 1. The largest absolute Gasteiger partial charge is 0.289 e. The quantitative estimate of drug-likeness (QED) is 0.467. The Morgan fingerprint density at radius 1 is 0.758 bits per heavy atom. The first-order valence-electron chi connectivity index (χ1n) is 9.96. The molecular weight excluding hydrogens is 468 g/mol. The topological polar surface area (TPSA) is 54.5 Å². The Hall–Kier alpha value is -3.13. The van der Waals surface area contributed by atoms with Crippen molar-refractivity contribution in [1.82, 2.24) is 4.31 Å². The van der Waals surface area contributed by atoms with Gasteiger partial charge in [-0.3, -0.25) is 4.79 Å². The molecule has 8 heteroatoms. The number of carbonyl (C=O) groups is 1. The minimum absolute atomic E-state index is 0.00303. The van der Waals surface area contributed by atoms with Crippen LogP contribution >= 0.6 is 11.6 Å². The Morgan fingerprint density at radius 3 is 1.67 bits per heavy atom. The van der Waals surface area contributed by atoms with Gasteiger partial charge in [0.2, 0.25) is 10.0 Å². The maximum atomic E-state index is 14.2. The summed E-state index contributed by atoms with van der Waals surface area (Å²) in [6, 6.07) is 17.4. The van der Waals surface area contributed by atoms with Crippen molar-refractivity contribution in [3.8, 4) is 0 Å². The van der Waals surface area contributed by atoms with Crippen molar-refractivity contribution >= 4 is 39.6 Å². The van der Waals surface area contributed by atoms with Crippen LogP contribution in [0.5, 0.6) is 0 Å². The van der Waals surface area contributed by atoms with Gasteiger partial charge >= 0.3 is 0 Å². The lowest BCUT2D eigenvalue weighted by Crippen LogP contribution is -2.41. The Morgan fingerprint density at radius 2 is 1.21 bits per heavy atom. The van der Waals surface area contributed by atoms with Gasteiger partial charge < -0.3 is 0 Å². The van der Waals surface area contributed by atoms with Crippen LogP contribution in [0.2, 0.25) is 5.02 Å². The zero-order valence-electron chi connectivity index (χ0n) is 17.2. The van der Waals surface area contributed by atoms with Crippen molar-refractivity contribution in [2.45, 2.75) is 4.90 Å². The van der Waals surface area contributed by atoms with Crippen molar-refractivity contribution < 1.29 is 22.0 Å². The smallest absolute Gasteiger partial charge is 0.243 e. The summed E-state index contributed by atoms with van der Waals surface area (Å²) in [6.07, 6.45) is 2.66. The molecule has 0 aromatic heterocycles. The molecule has 0 atom stereocenters. The summed E-state index contributed by atoms with van der Waals surface area (Å²) >= 11 is 5.88. The highest BCUT2D eigenvalue weighted by Gasteiger charge is 2.34. The Labute approximate surface area is 195 Å². The molecule has 0 amide bonds. The highest BCUT2D eigenvalue weighted by molar-refractivity contribution is 7.89. The van der Waals surface area contributed by atoms with Gasteiger partial charge in [-0.25, -0.2) is 17.2 Å². The lowest BCUT2D eigenvalue weighted by atomic mass is 9.95. The monoisotopic (exact) mass is 485 g/mol. The van der Waals surface area contributed by atoms with E-state index in [1.807, 2.05) is 0 Å². The number of nitrogens with zero attached hydrogens (tertiary/aromatic N) is 1. The molecule has 1 aliphatic heterocycles. The standard InChI is InChI=1S/C25H18ClF2NO3S/c26-21-9-11-22(12-10-21)33(31,32)29-15-19(13-17-5-1-3-7-23(17)27)25(30)20(16-29)14-18-6-2-4-8-24(18)28/h1-14H,15-16H2/b19-13+,20-14+. The van der Waals surface area contributed by atoms with E-state index in [0.29, 0.717) is 5.02 Å². The number of hydrogen-bond acceptors (Lipinski definition) is 3. The van der Waals surface area contributed by atoms with Gasteiger partial charge in [0.25, 0.3) is 0 Å². The number of Topliss-reactive ketones (excluding diaryl/α,β-unsaturated/α-hetero) is 1. The lowest BCUT2D eigenvalue weighted by Gasteiger charge is -2.29. The second-order valence-corrected chi connectivity index (χ2v) is 9.81. The minimum atomic E-state index is -4.02. The highest BCUT2D eigenvalue weighted by Crippen LogP contribution is 2.28. The molecule has 0 aliphatic carbocycles. The molecular formula is C25H18ClF2NO3S. The summed E-state index contributed by atoms with van der Waals surface area (Å²) in [4.78, 5) is 13.2. The lowest BCUT2D eigenvalue weighted by molar-refractivity contribution is -0.113. The molecule has 0 N–H and O–H groups in total. The van der Waals surface area contributed by atoms with Gasteiger partial charge in [-0.1, -0.05) is 48.0 Å². The predicted molar refractivity (Wildman–Crippen MR) is 124 cm³/mol. The molecule has 0 radical (unpaired) electrons. The SMILES string of the molecule is O=C1/C(=C/c2ccccc2F)CN(S(=O)(=O)c2ccc(Cl)cc2)C/C1=C\c1ccccc1F. The van der Waals surface area contributed by atoms with E-state index in [1.54, 1.807) is 12.1 Å². The molecule has 0 unspecified atom stereocenters. The van der Waals surface area contributed by atoms with Crippen molar-refractivity contribution in [2.75, 3.05) is 13.1 Å². The molecule has 0 saturated carbocycles. The minimum Gasteiger partial charge on any atom is -0.289 e. The summed E-state index contributed by atoms with van der Waals surface area (Å²) in [7, 11) is -4.02. The molecule has 4 rings (SSSR count). The Kier molecular flexibility index (Phi) is 6.56. The summed E-state index contributed by atoms with van der Waals surface area (Å²) in [6.45, 7) is -0.514. The van der Waals surface area contributed by atoms with E-state index in [2.05, 4.69) is 0 Å². The third-order valence-corrected chi connectivity index (χ3v) is 7.26. The fourth-order valence-corrected chi connectivity index (χ4v) is 5.02. The van der Waals surface area contributed by atoms with Crippen LogP contribution in [0.1, 0.15) is 11.1 Å². The summed E-state index contributed by atoms with van der Waals surface area (Å²) in [5.41, 5.74) is 0.451. The molecule has 4 nitrogen and oxygen atoms in total. The molecule has 0 bridgehead atoms. The first-order chi connectivity index (χ1) is 15.8. The van der Waals surface area contributed by atoms with Crippen LogP contribution in [0, 0.1) is 11.6 Å². The molecule has 168 valence electrons. The molecule has 3 aromatic carbocycles. The zero-order valence-corrected chi connectivity index (χ0v) is 18.8. The average Bonchev–Trinajstić information content (AvgIpc) is 2.79. The van der Waals surface area contributed by atoms with E-state index in [9.17, 15) is 22.0 Å². The summed E-state index contributed by atoms with van der Waals surface area (Å²) in [5, 5.41) is 0.378. The van der Waals surface area contributed by atoms with Crippen LogP contribution in [-0.2, 0) is 14.8 Å². The number of benzene rings is 3. The number of sulfonamides is 1. The van der Waals surface area contributed by atoms with Gasteiger partial charge in [0, 0.05) is 40.4 Å². The second-order valence-electron chi connectivity index (χ2n) is 7.44. The fraction of sp³-hybridized carbons (Fsp3) is 0.0800. The van der Waals surface area contributed by atoms with Gasteiger partial charge in [0.1, 0.15) is 11.6 Å². The highest BCUT2D eigenvalue weighted by atomic mass is 35.5. The van der Waals surface area contributed by atoms with Crippen LogP contribution in [0.3, 0.4) is 0 Å². The van der Waals surface area contributed by atoms with E-state index < -0.39 is 27.4 Å².